The fraction of sp³-hybridized carbons (Fsp3) is 0.111. The molecule has 0 fully saturated rings. The molecule has 4 heteroatoms. The van der Waals surface area contributed by atoms with Gasteiger partial charge in [0.2, 0.25) is 0 Å². The number of aliphatic hydroxyl groups is 1. The number of aliphatic carboxylic acids is 1. The first-order valence-electron chi connectivity index (χ1n) is 6.88. The van der Waals surface area contributed by atoms with Gasteiger partial charge in [0.05, 0.1) is 0 Å². The van der Waals surface area contributed by atoms with Crippen molar-refractivity contribution in [1.82, 2.24) is 0 Å². The largest absolute Gasteiger partial charge is 0.478 e. The fourth-order valence-corrected chi connectivity index (χ4v) is 2.93. The Morgan fingerprint density at radius 3 is 2.05 bits per heavy atom. The molecule has 1 aliphatic rings. The zero-order chi connectivity index (χ0) is 15.7. The van der Waals surface area contributed by atoms with E-state index >= 15 is 0 Å². The van der Waals surface area contributed by atoms with E-state index in [0.717, 1.165) is 0 Å². The molecule has 2 aromatic rings. The minimum atomic E-state index is -1.62. The lowest BCUT2D eigenvalue weighted by Crippen LogP contribution is -2.25. The Labute approximate surface area is 127 Å². The molecule has 0 heterocycles. The van der Waals surface area contributed by atoms with Crippen LogP contribution >= 0.6 is 0 Å². The molecule has 22 heavy (non-hydrogen) atoms. The molecule has 1 unspecified atom stereocenters. The maximum Gasteiger partial charge on any atom is 0.339 e. The number of Topliss-reactive ketones (excluding diaryl/α,β-unsaturated/α-hetero) is 1. The van der Waals surface area contributed by atoms with Crippen LogP contribution < -0.4 is 0 Å². The second kappa shape index (κ2) is 5.24. The normalized spacial score (nSPS) is 21.2. The molecule has 0 aliphatic heterocycles. The van der Waals surface area contributed by atoms with E-state index in [-0.39, 0.29) is 17.6 Å². The number of hydrogen-bond acceptors (Lipinski definition) is 3. The Balaban J connectivity index is 2.28. The standard InChI is InChI=1S/C18H14O4/c19-14-11-18(22,13-9-5-2-6-10-13)16(15(14)17(20)21)12-7-3-1-4-8-12/h1-10,22H,11H2,(H,20,21). The average Bonchev–Trinajstić information content (AvgIpc) is 2.81. The summed E-state index contributed by atoms with van der Waals surface area (Å²) >= 11 is 0. The molecule has 0 spiro atoms. The minimum Gasteiger partial charge on any atom is -0.478 e. The molecule has 0 saturated carbocycles. The monoisotopic (exact) mass is 294 g/mol. The second-order valence-corrected chi connectivity index (χ2v) is 5.25. The van der Waals surface area contributed by atoms with Gasteiger partial charge < -0.3 is 10.2 Å². The van der Waals surface area contributed by atoms with Crippen LogP contribution in [0.25, 0.3) is 5.57 Å². The van der Waals surface area contributed by atoms with E-state index in [9.17, 15) is 19.8 Å². The van der Waals surface area contributed by atoms with Crippen molar-refractivity contribution in [3.8, 4) is 0 Å². The van der Waals surface area contributed by atoms with Crippen LogP contribution in [-0.2, 0) is 15.2 Å². The Bertz CT molecular complexity index is 762. The SMILES string of the molecule is O=C(O)C1=C(c2ccccc2)C(O)(c2ccccc2)CC1=O. The highest BCUT2D eigenvalue weighted by Crippen LogP contribution is 2.46. The summed E-state index contributed by atoms with van der Waals surface area (Å²) in [6.07, 6.45) is -0.261. The van der Waals surface area contributed by atoms with Crippen LogP contribution in [0.4, 0.5) is 0 Å². The number of ketones is 1. The van der Waals surface area contributed by atoms with Gasteiger partial charge in [0.1, 0.15) is 11.2 Å². The molecule has 0 saturated heterocycles. The van der Waals surface area contributed by atoms with Crippen molar-refractivity contribution in [2.75, 3.05) is 0 Å². The first kappa shape index (κ1) is 14.2. The van der Waals surface area contributed by atoms with Crippen molar-refractivity contribution in [3.63, 3.8) is 0 Å². The highest BCUT2D eigenvalue weighted by molar-refractivity contribution is 6.26. The molecule has 0 bridgehead atoms. The van der Waals surface area contributed by atoms with Gasteiger partial charge in [0, 0.05) is 12.0 Å². The Hall–Kier alpha value is -2.72. The summed E-state index contributed by atoms with van der Waals surface area (Å²) in [6.45, 7) is 0. The molecular weight excluding hydrogens is 280 g/mol. The van der Waals surface area contributed by atoms with Crippen molar-refractivity contribution in [3.05, 3.63) is 77.4 Å². The summed E-state index contributed by atoms with van der Waals surface area (Å²) in [4.78, 5) is 23.7. The molecule has 0 amide bonds. The molecule has 1 atom stereocenters. The lowest BCUT2D eigenvalue weighted by atomic mass is 9.83. The second-order valence-electron chi connectivity index (χ2n) is 5.25. The molecule has 2 aromatic carbocycles. The number of rotatable bonds is 3. The van der Waals surface area contributed by atoms with Gasteiger partial charge in [0.25, 0.3) is 0 Å². The van der Waals surface area contributed by atoms with Crippen molar-refractivity contribution < 1.29 is 19.8 Å². The summed E-state index contributed by atoms with van der Waals surface area (Å²) in [5.74, 6) is -1.87. The maximum absolute atomic E-state index is 12.2. The quantitative estimate of drug-likeness (QED) is 0.852. The van der Waals surface area contributed by atoms with Gasteiger partial charge in [-0.3, -0.25) is 4.79 Å². The Morgan fingerprint density at radius 2 is 1.50 bits per heavy atom. The van der Waals surface area contributed by atoms with Crippen LogP contribution in [0.15, 0.2) is 66.2 Å². The van der Waals surface area contributed by atoms with Gasteiger partial charge in [-0.2, -0.15) is 0 Å². The van der Waals surface area contributed by atoms with Crippen LogP contribution in [0.2, 0.25) is 0 Å². The molecule has 0 aromatic heterocycles. The molecule has 110 valence electrons. The van der Waals surface area contributed by atoms with Gasteiger partial charge in [0.15, 0.2) is 5.78 Å². The number of carboxylic acids is 1. The highest BCUT2D eigenvalue weighted by Gasteiger charge is 2.48. The van der Waals surface area contributed by atoms with Gasteiger partial charge in [-0.15, -0.1) is 0 Å². The Kier molecular flexibility index (Phi) is 3.39. The topological polar surface area (TPSA) is 74.6 Å². The lowest BCUT2D eigenvalue weighted by Gasteiger charge is -2.26. The van der Waals surface area contributed by atoms with Gasteiger partial charge in [-0.05, 0) is 11.1 Å². The first-order chi connectivity index (χ1) is 10.5. The van der Waals surface area contributed by atoms with Crippen molar-refractivity contribution in [1.29, 1.82) is 0 Å². The number of carbonyl (C=O) groups excluding carboxylic acids is 1. The van der Waals surface area contributed by atoms with Crippen LogP contribution in [0.3, 0.4) is 0 Å². The zero-order valence-corrected chi connectivity index (χ0v) is 11.7. The van der Waals surface area contributed by atoms with E-state index < -0.39 is 17.4 Å². The van der Waals surface area contributed by atoms with E-state index in [1.807, 2.05) is 0 Å². The molecule has 4 nitrogen and oxygen atoms in total. The summed E-state index contributed by atoms with van der Waals surface area (Å²) < 4.78 is 0. The number of benzene rings is 2. The van der Waals surface area contributed by atoms with E-state index in [2.05, 4.69) is 0 Å². The molecular formula is C18H14O4. The predicted molar refractivity (Wildman–Crippen MR) is 81.0 cm³/mol. The fourth-order valence-electron chi connectivity index (χ4n) is 2.93. The zero-order valence-electron chi connectivity index (χ0n) is 11.7. The third kappa shape index (κ3) is 2.14. The molecule has 0 radical (unpaired) electrons. The minimum absolute atomic E-state index is 0.164. The Morgan fingerprint density at radius 1 is 0.955 bits per heavy atom. The molecule has 1 aliphatic carbocycles. The molecule has 2 N–H and O–H groups in total. The third-order valence-electron chi connectivity index (χ3n) is 3.89. The van der Waals surface area contributed by atoms with Crippen molar-refractivity contribution >= 4 is 17.3 Å². The average molecular weight is 294 g/mol. The van der Waals surface area contributed by atoms with Gasteiger partial charge in [-0.25, -0.2) is 4.79 Å². The van der Waals surface area contributed by atoms with E-state index in [0.29, 0.717) is 11.1 Å². The predicted octanol–water partition coefficient (Wildman–Crippen LogP) is 2.39. The van der Waals surface area contributed by atoms with Gasteiger partial charge >= 0.3 is 5.97 Å². The lowest BCUT2D eigenvalue weighted by molar-refractivity contribution is -0.134. The van der Waals surface area contributed by atoms with Crippen LogP contribution in [0.1, 0.15) is 17.5 Å². The number of carbonyl (C=O) groups is 2. The maximum atomic E-state index is 12.2. The van der Waals surface area contributed by atoms with E-state index in [1.54, 1.807) is 60.7 Å². The summed E-state index contributed by atoms with van der Waals surface area (Å²) in [5, 5.41) is 20.5. The van der Waals surface area contributed by atoms with Crippen molar-refractivity contribution in [2.24, 2.45) is 0 Å². The number of hydrogen-bond donors (Lipinski definition) is 2. The number of carboxylic acid groups (broad SMARTS) is 1. The van der Waals surface area contributed by atoms with E-state index in [1.165, 1.54) is 0 Å². The smallest absolute Gasteiger partial charge is 0.339 e. The summed E-state index contributed by atoms with van der Waals surface area (Å²) in [6, 6.07) is 17.4. The highest BCUT2D eigenvalue weighted by atomic mass is 16.4. The van der Waals surface area contributed by atoms with Crippen LogP contribution in [0, 0.1) is 0 Å². The third-order valence-corrected chi connectivity index (χ3v) is 3.89. The van der Waals surface area contributed by atoms with Crippen LogP contribution in [-0.4, -0.2) is 22.0 Å². The van der Waals surface area contributed by atoms with E-state index in [4.69, 9.17) is 0 Å². The van der Waals surface area contributed by atoms with Crippen LogP contribution in [0.5, 0.6) is 0 Å². The van der Waals surface area contributed by atoms with Crippen molar-refractivity contribution in [2.45, 2.75) is 12.0 Å². The van der Waals surface area contributed by atoms with Gasteiger partial charge in [-0.1, -0.05) is 60.7 Å². The summed E-state index contributed by atoms with van der Waals surface area (Å²) in [7, 11) is 0. The summed E-state index contributed by atoms with van der Waals surface area (Å²) in [5.41, 5.74) is -0.738. The molecule has 3 rings (SSSR count). The first-order valence-corrected chi connectivity index (χ1v) is 6.88.